The fourth-order valence-electron chi connectivity index (χ4n) is 3.31. The number of esters is 2. The van der Waals surface area contributed by atoms with E-state index in [0.717, 1.165) is 5.56 Å². The summed E-state index contributed by atoms with van der Waals surface area (Å²) in [7, 11) is 0. The molecule has 9 nitrogen and oxygen atoms in total. The van der Waals surface area contributed by atoms with E-state index < -0.39 is 36.5 Å². The Hall–Kier alpha value is -3.11. The van der Waals surface area contributed by atoms with Crippen LogP contribution in [0, 0.1) is 6.92 Å². The average Bonchev–Trinajstić information content (AvgIpc) is 3.29. The molecule has 1 saturated heterocycles. The third kappa shape index (κ3) is 4.21. The van der Waals surface area contributed by atoms with Crippen LogP contribution in [0.1, 0.15) is 29.1 Å². The van der Waals surface area contributed by atoms with Gasteiger partial charge in [-0.1, -0.05) is 29.3 Å². The van der Waals surface area contributed by atoms with Crippen LogP contribution in [0.3, 0.4) is 0 Å². The maximum atomic E-state index is 15.2. The highest BCUT2D eigenvalue weighted by Gasteiger charge is 2.49. The average molecular weight is 449 g/mol. The number of ether oxygens (including phenoxy) is 3. The second-order valence-corrected chi connectivity index (χ2v) is 7.39. The Morgan fingerprint density at radius 3 is 2.68 bits per heavy atom. The van der Waals surface area contributed by atoms with E-state index in [9.17, 15) is 9.59 Å². The number of hydrogen-bond acceptors (Lipinski definition) is 8. The number of fused-ring (bicyclic) bond motifs is 1. The van der Waals surface area contributed by atoms with Gasteiger partial charge in [-0.05, 0) is 19.1 Å². The molecule has 3 aromatic rings. The van der Waals surface area contributed by atoms with E-state index >= 15 is 4.39 Å². The molecule has 1 aliphatic heterocycles. The molecule has 11 heteroatoms. The summed E-state index contributed by atoms with van der Waals surface area (Å²) in [4.78, 5) is 35.9. The van der Waals surface area contributed by atoms with Crippen molar-refractivity contribution in [2.24, 2.45) is 0 Å². The minimum Gasteiger partial charge on any atom is -0.459 e. The first kappa shape index (κ1) is 21.1. The Morgan fingerprint density at radius 1 is 1.23 bits per heavy atom. The normalized spacial score (nSPS) is 23.1. The molecule has 0 radical (unpaired) electrons. The molecule has 31 heavy (non-hydrogen) atoms. The number of benzene rings is 1. The third-order valence-corrected chi connectivity index (χ3v) is 5.10. The standard InChI is InChI=1S/C20H18ClFN4O5/c1-10-3-5-12(6-4-10)20(28)29-7-13-14(22)16(30-11(2)27)19(31-13)26-9-25-15-17(21)23-8-24-18(15)26/h3-6,8-9,13-14,16,19H,7H2,1-2H3/t13-,14?,16-,19+/m1/s1. The summed E-state index contributed by atoms with van der Waals surface area (Å²) in [6, 6.07) is 6.77. The second-order valence-electron chi connectivity index (χ2n) is 7.04. The number of carbonyl (C=O) groups excluding carboxylic acids is 2. The highest BCUT2D eigenvalue weighted by molar-refractivity contribution is 6.33. The minimum atomic E-state index is -1.76. The number of carbonyl (C=O) groups is 2. The molecule has 0 aliphatic carbocycles. The van der Waals surface area contributed by atoms with Crippen LogP contribution in [-0.4, -0.2) is 56.4 Å². The largest absolute Gasteiger partial charge is 0.459 e. The molecule has 1 aliphatic rings. The smallest absolute Gasteiger partial charge is 0.338 e. The van der Waals surface area contributed by atoms with Gasteiger partial charge in [-0.2, -0.15) is 0 Å². The molecule has 1 aromatic carbocycles. The van der Waals surface area contributed by atoms with Crippen molar-refractivity contribution in [2.45, 2.75) is 38.5 Å². The molecule has 0 saturated carbocycles. The molecule has 0 amide bonds. The molecule has 4 rings (SSSR count). The van der Waals surface area contributed by atoms with Crippen LogP contribution in [0.25, 0.3) is 11.2 Å². The number of alkyl halides is 1. The van der Waals surface area contributed by atoms with Crippen molar-refractivity contribution in [3.63, 3.8) is 0 Å². The van der Waals surface area contributed by atoms with Gasteiger partial charge in [0.1, 0.15) is 24.6 Å². The molecule has 0 N–H and O–H groups in total. The minimum absolute atomic E-state index is 0.117. The fraction of sp³-hybridized carbons (Fsp3) is 0.350. The second kappa shape index (κ2) is 8.56. The maximum absolute atomic E-state index is 15.2. The Morgan fingerprint density at radius 2 is 1.97 bits per heavy atom. The number of aromatic nitrogens is 4. The molecule has 162 valence electrons. The van der Waals surface area contributed by atoms with Crippen molar-refractivity contribution in [3.05, 3.63) is 53.2 Å². The molecule has 1 fully saturated rings. The van der Waals surface area contributed by atoms with E-state index in [1.54, 1.807) is 24.3 Å². The molecule has 3 heterocycles. The number of aryl methyl sites for hydroxylation is 1. The van der Waals surface area contributed by atoms with Gasteiger partial charge < -0.3 is 14.2 Å². The Bertz CT molecular complexity index is 1120. The van der Waals surface area contributed by atoms with Gasteiger partial charge in [-0.15, -0.1) is 0 Å². The molecular formula is C20H18ClFN4O5. The van der Waals surface area contributed by atoms with Gasteiger partial charge in [0.2, 0.25) is 0 Å². The van der Waals surface area contributed by atoms with Crippen molar-refractivity contribution in [1.29, 1.82) is 0 Å². The predicted molar refractivity (Wildman–Crippen MR) is 106 cm³/mol. The zero-order chi connectivity index (χ0) is 22.1. The van der Waals surface area contributed by atoms with Crippen LogP contribution in [0.2, 0.25) is 5.15 Å². The van der Waals surface area contributed by atoms with Crippen LogP contribution in [-0.2, 0) is 19.0 Å². The predicted octanol–water partition coefficient (Wildman–Crippen LogP) is 2.81. The number of halogens is 2. The van der Waals surface area contributed by atoms with E-state index in [4.69, 9.17) is 25.8 Å². The topological polar surface area (TPSA) is 105 Å². The third-order valence-electron chi connectivity index (χ3n) is 4.82. The Labute approximate surface area is 181 Å². The van der Waals surface area contributed by atoms with Crippen LogP contribution in [0.15, 0.2) is 36.9 Å². The van der Waals surface area contributed by atoms with Gasteiger partial charge in [0.05, 0.1) is 11.9 Å². The lowest BCUT2D eigenvalue weighted by Crippen LogP contribution is -2.34. The first-order valence-corrected chi connectivity index (χ1v) is 9.76. The maximum Gasteiger partial charge on any atom is 0.338 e. The van der Waals surface area contributed by atoms with Gasteiger partial charge in [-0.3, -0.25) is 9.36 Å². The van der Waals surface area contributed by atoms with Crippen LogP contribution >= 0.6 is 11.6 Å². The van der Waals surface area contributed by atoms with Crippen molar-refractivity contribution < 1.29 is 28.2 Å². The fourth-order valence-corrected chi connectivity index (χ4v) is 3.49. The van der Waals surface area contributed by atoms with Crippen molar-refractivity contribution in [3.8, 4) is 0 Å². The van der Waals surface area contributed by atoms with Crippen LogP contribution < -0.4 is 0 Å². The lowest BCUT2D eigenvalue weighted by Gasteiger charge is -2.20. The Balaban J connectivity index is 1.55. The van der Waals surface area contributed by atoms with Crippen molar-refractivity contribution in [2.75, 3.05) is 6.61 Å². The summed E-state index contributed by atoms with van der Waals surface area (Å²) < 4.78 is 32.7. The van der Waals surface area contributed by atoms with Gasteiger partial charge >= 0.3 is 11.9 Å². The lowest BCUT2D eigenvalue weighted by atomic mass is 10.1. The number of nitrogens with zero attached hydrogens (tertiary/aromatic N) is 4. The summed E-state index contributed by atoms with van der Waals surface area (Å²) in [5.74, 6) is -1.30. The zero-order valence-electron chi connectivity index (χ0n) is 16.6. The molecule has 2 aromatic heterocycles. The highest BCUT2D eigenvalue weighted by Crippen LogP contribution is 2.36. The molecule has 4 atom stereocenters. The molecular weight excluding hydrogens is 431 g/mol. The summed E-state index contributed by atoms with van der Waals surface area (Å²) in [5.41, 5.74) is 1.90. The van der Waals surface area contributed by atoms with E-state index in [-0.39, 0.29) is 17.4 Å². The Kier molecular flexibility index (Phi) is 5.84. The zero-order valence-corrected chi connectivity index (χ0v) is 17.3. The van der Waals surface area contributed by atoms with E-state index in [0.29, 0.717) is 11.1 Å². The molecule has 0 spiro atoms. The van der Waals surface area contributed by atoms with Crippen molar-refractivity contribution >= 4 is 34.7 Å². The van der Waals surface area contributed by atoms with E-state index in [1.807, 2.05) is 6.92 Å². The summed E-state index contributed by atoms with van der Waals surface area (Å²) >= 11 is 6.02. The van der Waals surface area contributed by atoms with E-state index in [2.05, 4.69) is 15.0 Å². The summed E-state index contributed by atoms with van der Waals surface area (Å²) in [6.07, 6.45) is -2.73. The highest BCUT2D eigenvalue weighted by atomic mass is 35.5. The number of imidazole rings is 1. The first-order chi connectivity index (χ1) is 14.8. The van der Waals surface area contributed by atoms with Crippen molar-refractivity contribution in [1.82, 2.24) is 19.5 Å². The number of rotatable bonds is 5. The first-order valence-electron chi connectivity index (χ1n) is 9.38. The quantitative estimate of drug-likeness (QED) is 0.433. The van der Waals surface area contributed by atoms with E-state index in [1.165, 1.54) is 24.1 Å². The monoisotopic (exact) mass is 448 g/mol. The lowest BCUT2D eigenvalue weighted by molar-refractivity contribution is -0.154. The van der Waals surface area contributed by atoms with Gasteiger partial charge in [0.15, 0.2) is 29.3 Å². The molecule has 0 bridgehead atoms. The summed E-state index contributed by atoms with van der Waals surface area (Å²) in [6.45, 7) is 2.69. The van der Waals surface area contributed by atoms with Gasteiger partial charge in [0, 0.05) is 6.92 Å². The van der Waals surface area contributed by atoms with Gasteiger partial charge in [-0.25, -0.2) is 24.1 Å². The summed E-state index contributed by atoms with van der Waals surface area (Å²) in [5, 5.41) is 0.117. The SMILES string of the molecule is CC(=O)O[C@@H]1C(F)[C@@H](COC(=O)c2ccc(C)cc2)O[C@@H]1n1cnc2c(Cl)ncnc21. The van der Waals surface area contributed by atoms with Crippen LogP contribution in [0.5, 0.6) is 0 Å². The van der Waals surface area contributed by atoms with Crippen LogP contribution in [0.4, 0.5) is 4.39 Å². The van der Waals surface area contributed by atoms with Gasteiger partial charge in [0.25, 0.3) is 0 Å². The number of hydrogen-bond donors (Lipinski definition) is 0. The molecule has 1 unspecified atom stereocenters.